The summed E-state index contributed by atoms with van der Waals surface area (Å²) in [5.41, 5.74) is 0.955. The van der Waals surface area contributed by atoms with Crippen LogP contribution in [0.5, 0.6) is 5.75 Å². The predicted molar refractivity (Wildman–Crippen MR) is 78.1 cm³/mol. The second-order valence-corrected chi connectivity index (χ2v) is 4.99. The summed E-state index contributed by atoms with van der Waals surface area (Å²) in [5, 5.41) is 8.62. The number of hydrogen-bond acceptors (Lipinski definition) is 3. The van der Waals surface area contributed by atoms with Gasteiger partial charge in [0.25, 0.3) is 0 Å². The Morgan fingerprint density at radius 3 is 2.67 bits per heavy atom. The number of hydrogen-bond donors (Lipinski definition) is 1. The fourth-order valence-electron chi connectivity index (χ4n) is 1.32. The van der Waals surface area contributed by atoms with E-state index in [1.54, 1.807) is 0 Å². The lowest BCUT2D eigenvalue weighted by Gasteiger charge is -2.05. The molecule has 0 fully saturated rings. The van der Waals surface area contributed by atoms with Gasteiger partial charge in [-0.2, -0.15) is 11.8 Å². The van der Waals surface area contributed by atoms with Crippen molar-refractivity contribution in [1.82, 2.24) is 0 Å². The molecular weight excluding hydrogens is 244 g/mol. The molecule has 0 aliphatic carbocycles. The monoisotopic (exact) mass is 264 g/mol. The number of aliphatic hydroxyl groups excluding tert-OH is 1. The quantitative estimate of drug-likeness (QED) is 0.606. The van der Waals surface area contributed by atoms with Gasteiger partial charge in [0.2, 0.25) is 0 Å². The van der Waals surface area contributed by atoms with Gasteiger partial charge in [-0.05, 0) is 36.4 Å². The van der Waals surface area contributed by atoms with Gasteiger partial charge < -0.3 is 9.84 Å². The molecule has 0 aliphatic heterocycles. The van der Waals surface area contributed by atoms with Crippen LogP contribution in [0.15, 0.2) is 24.3 Å². The maximum Gasteiger partial charge on any atom is 0.119 e. The Morgan fingerprint density at radius 2 is 2.00 bits per heavy atom. The first-order valence-corrected chi connectivity index (χ1v) is 7.42. The van der Waals surface area contributed by atoms with E-state index in [0.717, 1.165) is 23.7 Å². The van der Waals surface area contributed by atoms with Crippen molar-refractivity contribution in [2.75, 3.05) is 24.7 Å². The van der Waals surface area contributed by atoms with Crippen LogP contribution in [0.2, 0.25) is 0 Å². The van der Waals surface area contributed by atoms with E-state index in [2.05, 4.69) is 18.8 Å². The van der Waals surface area contributed by atoms with Gasteiger partial charge in [0.05, 0.1) is 13.2 Å². The van der Waals surface area contributed by atoms with Crippen LogP contribution in [0.4, 0.5) is 0 Å². The zero-order valence-electron chi connectivity index (χ0n) is 10.8. The first-order valence-electron chi connectivity index (χ1n) is 6.27. The zero-order chi connectivity index (χ0) is 13.1. The molecule has 0 unspecified atom stereocenters. The topological polar surface area (TPSA) is 29.5 Å². The zero-order valence-corrected chi connectivity index (χ0v) is 11.6. The Bertz CT molecular complexity index is 376. The van der Waals surface area contributed by atoms with Crippen molar-refractivity contribution in [3.8, 4) is 17.6 Å². The second kappa shape index (κ2) is 9.87. The molecule has 0 heterocycles. The molecule has 98 valence electrons. The molecule has 1 aromatic carbocycles. The van der Waals surface area contributed by atoms with E-state index in [-0.39, 0.29) is 6.61 Å². The minimum absolute atomic E-state index is 0.115. The molecule has 18 heavy (non-hydrogen) atoms. The van der Waals surface area contributed by atoms with E-state index >= 15 is 0 Å². The first kappa shape index (κ1) is 14.9. The van der Waals surface area contributed by atoms with Gasteiger partial charge in [-0.3, -0.25) is 0 Å². The Balaban J connectivity index is 2.30. The molecule has 0 aromatic heterocycles. The molecule has 1 rings (SSSR count). The normalized spacial score (nSPS) is 9.67. The van der Waals surface area contributed by atoms with E-state index in [9.17, 15) is 0 Å². The summed E-state index contributed by atoms with van der Waals surface area (Å²) in [6.07, 6.45) is 1.73. The lowest BCUT2D eigenvalue weighted by molar-refractivity contribution is 0.305. The Kier molecular flexibility index (Phi) is 8.20. The second-order valence-electron chi connectivity index (χ2n) is 3.76. The first-order chi connectivity index (χ1) is 8.86. The van der Waals surface area contributed by atoms with Crippen LogP contribution >= 0.6 is 11.8 Å². The third-order valence-electron chi connectivity index (χ3n) is 2.17. The minimum Gasteiger partial charge on any atom is -0.493 e. The maximum atomic E-state index is 8.62. The highest BCUT2D eigenvalue weighted by Gasteiger charge is 1.94. The summed E-state index contributed by atoms with van der Waals surface area (Å²) in [4.78, 5) is 0. The van der Waals surface area contributed by atoms with Gasteiger partial charge in [-0.1, -0.05) is 18.8 Å². The predicted octanol–water partition coefficient (Wildman–Crippen LogP) is 2.94. The Labute approximate surface area is 114 Å². The summed E-state index contributed by atoms with van der Waals surface area (Å²) >= 11 is 1.92. The molecule has 1 aromatic rings. The smallest absolute Gasteiger partial charge is 0.119 e. The van der Waals surface area contributed by atoms with Gasteiger partial charge >= 0.3 is 0 Å². The molecular formula is C15H20O2S. The van der Waals surface area contributed by atoms with E-state index in [0.29, 0.717) is 6.42 Å². The molecule has 0 bridgehead atoms. The van der Waals surface area contributed by atoms with Crippen molar-refractivity contribution >= 4 is 11.8 Å². The van der Waals surface area contributed by atoms with Crippen LogP contribution in [-0.2, 0) is 0 Å². The molecule has 2 nitrogen and oxygen atoms in total. The number of aliphatic hydroxyl groups is 1. The third kappa shape index (κ3) is 6.58. The Morgan fingerprint density at radius 1 is 1.22 bits per heavy atom. The van der Waals surface area contributed by atoms with Crippen molar-refractivity contribution in [2.24, 2.45) is 0 Å². The molecule has 0 atom stereocenters. The summed E-state index contributed by atoms with van der Waals surface area (Å²) in [7, 11) is 0. The average Bonchev–Trinajstić information content (AvgIpc) is 2.40. The molecule has 0 spiro atoms. The molecule has 0 radical (unpaired) electrons. The van der Waals surface area contributed by atoms with Crippen molar-refractivity contribution < 1.29 is 9.84 Å². The van der Waals surface area contributed by atoms with Crippen molar-refractivity contribution in [2.45, 2.75) is 19.8 Å². The lowest BCUT2D eigenvalue weighted by Crippen LogP contribution is -2.00. The molecule has 1 N–H and O–H groups in total. The number of benzene rings is 1. The van der Waals surface area contributed by atoms with Gasteiger partial charge in [0.15, 0.2) is 0 Å². The molecule has 0 amide bonds. The van der Waals surface area contributed by atoms with Crippen molar-refractivity contribution in [3.05, 3.63) is 29.8 Å². The number of thioether (sulfide) groups is 1. The highest BCUT2D eigenvalue weighted by Crippen LogP contribution is 2.12. The van der Waals surface area contributed by atoms with Gasteiger partial charge in [0.1, 0.15) is 5.75 Å². The van der Waals surface area contributed by atoms with Crippen molar-refractivity contribution in [3.63, 3.8) is 0 Å². The van der Waals surface area contributed by atoms with Gasteiger partial charge in [-0.25, -0.2) is 0 Å². The van der Waals surface area contributed by atoms with Crippen molar-refractivity contribution in [1.29, 1.82) is 0 Å². The highest BCUT2D eigenvalue weighted by atomic mass is 32.2. The highest BCUT2D eigenvalue weighted by molar-refractivity contribution is 7.99. The fourth-order valence-corrected chi connectivity index (χ4v) is 2.01. The molecule has 0 aliphatic rings. The van der Waals surface area contributed by atoms with Crippen LogP contribution in [0.1, 0.15) is 25.3 Å². The standard InChI is InChI=1S/C15H20O2S/c1-2-12-18-13-11-17-15-8-6-14(7-9-15)5-3-4-10-16/h6-9,16H,2,4,10-13H2,1H3. The number of ether oxygens (including phenoxy) is 1. The average molecular weight is 264 g/mol. The van der Waals surface area contributed by atoms with Crippen LogP contribution < -0.4 is 4.74 Å². The fraction of sp³-hybridized carbons (Fsp3) is 0.467. The summed E-state index contributed by atoms with van der Waals surface area (Å²) in [6.45, 7) is 3.05. The minimum atomic E-state index is 0.115. The molecule has 3 heteroatoms. The van der Waals surface area contributed by atoms with Crippen LogP contribution in [0, 0.1) is 11.8 Å². The Hall–Kier alpha value is -1.11. The summed E-state index contributed by atoms with van der Waals surface area (Å²) in [5.74, 6) is 9.00. The van der Waals surface area contributed by atoms with Gasteiger partial charge in [-0.15, -0.1) is 0 Å². The van der Waals surface area contributed by atoms with Gasteiger partial charge in [0, 0.05) is 17.7 Å². The number of rotatable bonds is 7. The summed E-state index contributed by atoms with van der Waals surface area (Å²) in [6, 6.07) is 7.76. The molecule has 0 saturated carbocycles. The lowest BCUT2D eigenvalue weighted by atomic mass is 10.2. The van der Waals surface area contributed by atoms with E-state index in [1.165, 1.54) is 12.2 Å². The van der Waals surface area contributed by atoms with E-state index in [1.807, 2.05) is 36.0 Å². The largest absolute Gasteiger partial charge is 0.493 e. The summed E-state index contributed by atoms with van der Waals surface area (Å²) < 4.78 is 5.62. The SMILES string of the molecule is CCCSCCOc1ccc(C#CCCO)cc1. The molecule has 0 saturated heterocycles. The van der Waals surface area contributed by atoms with E-state index in [4.69, 9.17) is 9.84 Å². The van der Waals surface area contributed by atoms with Crippen LogP contribution in [-0.4, -0.2) is 29.8 Å². The van der Waals surface area contributed by atoms with E-state index < -0.39 is 0 Å². The van der Waals surface area contributed by atoms with Crippen LogP contribution in [0.3, 0.4) is 0 Å². The third-order valence-corrected chi connectivity index (χ3v) is 3.32. The maximum absolute atomic E-state index is 8.62. The van der Waals surface area contributed by atoms with Crippen LogP contribution in [0.25, 0.3) is 0 Å².